The number of nitrogens with one attached hydrogen (secondary N) is 1. The zero-order valence-electron chi connectivity index (χ0n) is 7.20. The second-order valence-electron chi connectivity index (χ2n) is 2.82. The summed E-state index contributed by atoms with van der Waals surface area (Å²) in [6, 6.07) is 10.8. The first-order valence-corrected chi connectivity index (χ1v) is 5.35. The van der Waals surface area contributed by atoms with Crippen molar-refractivity contribution in [2.45, 2.75) is 18.5 Å². The molecule has 1 N–H and O–H groups in total. The van der Waals surface area contributed by atoms with Gasteiger partial charge in [0.05, 0.1) is 0 Å². The van der Waals surface area contributed by atoms with E-state index in [-0.39, 0.29) is 0 Å². The van der Waals surface area contributed by atoms with Gasteiger partial charge in [-0.25, -0.2) is 0 Å². The molecule has 0 fully saturated rings. The Morgan fingerprint density at radius 2 is 1.75 bits per heavy atom. The molecule has 1 aromatic rings. The Kier molecular flexibility index (Phi) is 4.15. The van der Waals surface area contributed by atoms with Gasteiger partial charge in [-0.1, -0.05) is 30.3 Å². The molecule has 0 bridgehead atoms. The Hall–Kier alpha value is 0.0400. The second kappa shape index (κ2) is 4.92. The molecule has 3 heteroatoms. The highest BCUT2D eigenvalue weighted by Gasteiger charge is 2.04. The van der Waals surface area contributed by atoms with Gasteiger partial charge >= 0.3 is 0 Å². The van der Waals surface area contributed by atoms with E-state index in [2.05, 4.69) is 55.0 Å². The van der Waals surface area contributed by atoms with Crippen LogP contribution < -0.4 is 5.32 Å². The van der Waals surface area contributed by atoms with Crippen LogP contribution >= 0.6 is 18.5 Å². The van der Waals surface area contributed by atoms with Crippen molar-refractivity contribution < 1.29 is 0 Å². The average Bonchev–Trinajstić information content (AvgIpc) is 2.05. The van der Waals surface area contributed by atoms with Crippen LogP contribution in [0.1, 0.15) is 18.5 Å². The summed E-state index contributed by atoms with van der Waals surface area (Å²) in [6.45, 7) is 2.16. The minimum Gasteiger partial charge on any atom is -0.301 e. The molecule has 1 rings (SSSR count). The average molecular weight is 199 g/mol. The molecule has 0 saturated heterocycles. The highest BCUT2D eigenvalue weighted by Crippen LogP contribution is 2.15. The lowest BCUT2D eigenvalue weighted by molar-refractivity contribution is 0.621. The minimum atomic E-state index is 0.375. The molecular weight excluding hydrogens is 184 g/mol. The lowest BCUT2D eigenvalue weighted by atomic mass is 10.1. The molecular formula is C9H15NP2. The molecule has 66 valence electrons. The molecule has 0 aliphatic rings. The van der Waals surface area contributed by atoms with Crippen molar-refractivity contribution in [3.63, 3.8) is 0 Å². The lowest BCUT2D eigenvalue weighted by Gasteiger charge is -2.16. The topological polar surface area (TPSA) is 12.0 Å². The van der Waals surface area contributed by atoms with Crippen LogP contribution in [0.4, 0.5) is 0 Å². The summed E-state index contributed by atoms with van der Waals surface area (Å²) in [4.78, 5) is 0. The van der Waals surface area contributed by atoms with E-state index in [1.165, 1.54) is 5.56 Å². The predicted octanol–water partition coefficient (Wildman–Crippen LogP) is 2.37. The van der Waals surface area contributed by atoms with Gasteiger partial charge in [-0.2, -0.15) is 0 Å². The summed E-state index contributed by atoms with van der Waals surface area (Å²) in [6.07, 6.45) is 0. The largest absolute Gasteiger partial charge is 0.301 e. The van der Waals surface area contributed by atoms with Crippen molar-refractivity contribution in [1.29, 1.82) is 0 Å². The minimum absolute atomic E-state index is 0.375. The van der Waals surface area contributed by atoms with Gasteiger partial charge in [-0.15, -0.1) is 18.5 Å². The van der Waals surface area contributed by atoms with Crippen LogP contribution in [0.3, 0.4) is 0 Å². The van der Waals surface area contributed by atoms with Crippen LogP contribution in [0.25, 0.3) is 0 Å². The zero-order chi connectivity index (χ0) is 8.97. The monoisotopic (exact) mass is 199 g/mol. The third-order valence-electron chi connectivity index (χ3n) is 1.74. The summed E-state index contributed by atoms with van der Waals surface area (Å²) in [5.41, 5.74) is 1.70. The Morgan fingerprint density at radius 1 is 1.17 bits per heavy atom. The van der Waals surface area contributed by atoms with Crippen molar-refractivity contribution in [1.82, 2.24) is 5.32 Å². The fourth-order valence-corrected chi connectivity index (χ4v) is 1.70. The summed E-state index contributed by atoms with van der Waals surface area (Å²) in [5.74, 6) is 0. The first-order valence-electron chi connectivity index (χ1n) is 4.02. The molecule has 12 heavy (non-hydrogen) atoms. The molecule has 1 aromatic carbocycles. The van der Waals surface area contributed by atoms with E-state index >= 15 is 0 Å². The zero-order valence-corrected chi connectivity index (χ0v) is 9.51. The Labute approximate surface area is 78.7 Å². The highest BCUT2D eigenvalue weighted by molar-refractivity contribution is 7.37. The van der Waals surface area contributed by atoms with E-state index in [0.717, 1.165) is 0 Å². The normalized spacial score (nSPS) is 13.3. The van der Waals surface area contributed by atoms with Crippen molar-refractivity contribution in [2.24, 2.45) is 0 Å². The Bertz CT molecular complexity index is 223. The molecule has 0 aliphatic heterocycles. The van der Waals surface area contributed by atoms with Crippen molar-refractivity contribution in [3.05, 3.63) is 35.9 Å². The maximum Gasteiger partial charge on any atom is 0.0357 e. The van der Waals surface area contributed by atoms with E-state index in [4.69, 9.17) is 0 Å². The summed E-state index contributed by atoms with van der Waals surface area (Å²) in [5, 5.41) is 3.38. The number of hydrogen-bond donors (Lipinski definition) is 1. The molecule has 3 atom stereocenters. The van der Waals surface area contributed by atoms with Gasteiger partial charge in [-0.05, 0) is 12.5 Å². The highest BCUT2D eigenvalue weighted by atomic mass is 31.1. The molecule has 0 spiro atoms. The quantitative estimate of drug-likeness (QED) is 0.737. The molecule has 3 unspecified atom stereocenters. The van der Waals surface area contributed by atoms with E-state index in [0.29, 0.717) is 11.6 Å². The van der Waals surface area contributed by atoms with Crippen molar-refractivity contribution in [2.75, 3.05) is 0 Å². The van der Waals surface area contributed by atoms with Crippen molar-refractivity contribution in [3.8, 4) is 0 Å². The van der Waals surface area contributed by atoms with Crippen LogP contribution in [0.5, 0.6) is 0 Å². The third-order valence-corrected chi connectivity index (χ3v) is 2.13. The Morgan fingerprint density at radius 3 is 2.25 bits per heavy atom. The first-order chi connectivity index (χ1) is 5.70. The van der Waals surface area contributed by atoms with E-state index in [1.54, 1.807) is 0 Å². The first kappa shape index (κ1) is 10.1. The molecule has 0 aromatic heterocycles. The summed E-state index contributed by atoms with van der Waals surface area (Å²) >= 11 is 0. The maximum atomic E-state index is 3.38. The molecule has 0 aliphatic carbocycles. The number of benzene rings is 1. The number of rotatable bonds is 3. The predicted molar refractivity (Wildman–Crippen MR) is 61.2 cm³/mol. The van der Waals surface area contributed by atoms with Gasteiger partial charge in [-0.3, -0.25) is 0 Å². The van der Waals surface area contributed by atoms with E-state index in [9.17, 15) is 0 Å². The van der Waals surface area contributed by atoms with E-state index < -0.39 is 0 Å². The van der Waals surface area contributed by atoms with Gasteiger partial charge in [0.25, 0.3) is 0 Å². The fraction of sp³-hybridized carbons (Fsp3) is 0.333. The van der Waals surface area contributed by atoms with Crippen LogP contribution in [-0.4, -0.2) is 5.52 Å². The maximum absolute atomic E-state index is 3.38. The summed E-state index contributed by atoms with van der Waals surface area (Å²) in [7, 11) is 5.41. The molecule has 0 radical (unpaired) electrons. The van der Waals surface area contributed by atoms with E-state index in [1.807, 2.05) is 6.07 Å². The molecule has 1 nitrogen and oxygen atoms in total. The Balaban J connectivity index is 2.59. The smallest absolute Gasteiger partial charge is 0.0357 e. The van der Waals surface area contributed by atoms with Gasteiger partial charge in [0.15, 0.2) is 0 Å². The molecule has 0 amide bonds. The van der Waals surface area contributed by atoms with Crippen LogP contribution in [-0.2, 0) is 0 Å². The lowest BCUT2D eigenvalue weighted by Crippen LogP contribution is -2.21. The van der Waals surface area contributed by atoms with Gasteiger partial charge in [0.1, 0.15) is 0 Å². The fourth-order valence-electron chi connectivity index (χ4n) is 1.13. The molecule has 0 saturated carbocycles. The van der Waals surface area contributed by atoms with Gasteiger partial charge in [0.2, 0.25) is 0 Å². The van der Waals surface area contributed by atoms with Crippen LogP contribution in [0.2, 0.25) is 0 Å². The number of hydrogen-bond acceptors (Lipinski definition) is 1. The van der Waals surface area contributed by atoms with Crippen molar-refractivity contribution >= 4 is 18.5 Å². The van der Waals surface area contributed by atoms with Crippen LogP contribution in [0, 0.1) is 0 Å². The van der Waals surface area contributed by atoms with Gasteiger partial charge in [0, 0.05) is 11.6 Å². The summed E-state index contributed by atoms with van der Waals surface area (Å²) < 4.78 is 0. The standard InChI is InChI=1S/C9H15NP2/c1-7(10-9(11)12)8-5-3-2-4-6-8/h2-7,9-10H,11-12H2,1H3. The third kappa shape index (κ3) is 3.19. The SMILES string of the molecule is CC(NC(P)P)c1ccccc1. The second-order valence-corrected chi connectivity index (χ2v) is 5.03. The van der Waals surface area contributed by atoms with Gasteiger partial charge < -0.3 is 5.32 Å². The molecule has 0 heterocycles. The van der Waals surface area contributed by atoms with Crippen LogP contribution in [0.15, 0.2) is 30.3 Å².